The molecule has 3 fully saturated rings. The molecule has 0 spiro atoms. The van der Waals surface area contributed by atoms with Crippen LogP contribution in [-0.4, -0.2) is 30.4 Å². The lowest BCUT2D eigenvalue weighted by Gasteiger charge is -2.31. The van der Waals surface area contributed by atoms with Gasteiger partial charge in [-0.05, 0) is 32.1 Å². The van der Waals surface area contributed by atoms with Gasteiger partial charge in [0.05, 0.1) is 5.92 Å². The molecule has 3 aliphatic rings. The highest BCUT2D eigenvalue weighted by molar-refractivity contribution is 5.87. The predicted molar refractivity (Wildman–Crippen MR) is 69.4 cm³/mol. The van der Waals surface area contributed by atoms with Gasteiger partial charge in [0.15, 0.2) is 0 Å². The van der Waals surface area contributed by atoms with Crippen molar-refractivity contribution in [2.24, 2.45) is 23.7 Å². The Morgan fingerprint density at radius 3 is 2.80 bits per heavy atom. The molecule has 0 aromatic heterocycles. The van der Waals surface area contributed by atoms with Crippen LogP contribution in [0.5, 0.6) is 0 Å². The maximum atomic E-state index is 11.8. The van der Waals surface area contributed by atoms with Gasteiger partial charge in [0.25, 0.3) is 0 Å². The molecular formula is C15H20O5. The Kier molecular flexibility index (Phi) is 3.12. The summed E-state index contributed by atoms with van der Waals surface area (Å²) in [6.07, 6.45) is -0.0209. The van der Waals surface area contributed by atoms with E-state index in [1.807, 2.05) is 0 Å². The predicted octanol–water partition coefficient (Wildman–Crippen LogP) is 1.66. The normalized spacial score (nSPS) is 42.5. The zero-order valence-corrected chi connectivity index (χ0v) is 12.0. The summed E-state index contributed by atoms with van der Waals surface area (Å²) in [7, 11) is 0. The highest BCUT2D eigenvalue weighted by Gasteiger charge is 2.66. The van der Waals surface area contributed by atoms with Crippen molar-refractivity contribution in [1.82, 2.24) is 0 Å². The molecule has 2 aliphatic carbocycles. The minimum atomic E-state index is -0.659. The van der Waals surface area contributed by atoms with E-state index in [1.165, 1.54) is 0 Å². The summed E-state index contributed by atoms with van der Waals surface area (Å²) in [6, 6.07) is 0. The van der Waals surface area contributed by atoms with Crippen LogP contribution >= 0.6 is 0 Å². The number of esters is 2. The van der Waals surface area contributed by atoms with Crippen molar-refractivity contribution in [2.45, 2.75) is 45.7 Å². The fraction of sp³-hybridized carbons (Fsp3) is 0.733. The standard InChI is InChI=1S/C15H20O5/c1-6(2)14(16)19-8(4)18-12-9-5-10-11(7(9)3)15(17)20-13(10)12/h7-13H,1,5H2,2-4H3. The fourth-order valence-corrected chi connectivity index (χ4v) is 4.03. The first-order valence-corrected chi connectivity index (χ1v) is 7.12. The molecule has 7 atom stereocenters. The van der Waals surface area contributed by atoms with E-state index >= 15 is 0 Å². The van der Waals surface area contributed by atoms with Crippen LogP contribution in [0.3, 0.4) is 0 Å². The Morgan fingerprint density at radius 2 is 2.15 bits per heavy atom. The molecule has 0 N–H and O–H groups in total. The minimum Gasteiger partial charge on any atom is -0.459 e. The molecule has 1 saturated heterocycles. The molecule has 20 heavy (non-hydrogen) atoms. The first kappa shape index (κ1) is 13.6. The smallest absolute Gasteiger partial charge is 0.335 e. The molecule has 5 nitrogen and oxygen atoms in total. The first-order valence-electron chi connectivity index (χ1n) is 7.12. The summed E-state index contributed by atoms with van der Waals surface area (Å²) in [5, 5.41) is 0. The third kappa shape index (κ3) is 1.87. The highest BCUT2D eigenvalue weighted by atomic mass is 16.7. The molecule has 5 heteroatoms. The Labute approximate surface area is 118 Å². The summed E-state index contributed by atoms with van der Waals surface area (Å²) < 4.78 is 16.5. The lowest BCUT2D eigenvalue weighted by molar-refractivity contribution is -0.199. The quantitative estimate of drug-likeness (QED) is 0.445. The van der Waals surface area contributed by atoms with Crippen LogP contribution in [0.2, 0.25) is 0 Å². The van der Waals surface area contributed by atoms with Crippen LogP contribution in [0.25, 0.3) is 0 Å². The second-order valence-electron chi connectivity index (χ2n) is 6.20. The zero-order chi connectivity index (χ0) is 14.6. The summed E-state index contributed by atoms with van der Waals surface area (Å²) >= 11 is 0. The first-order chi connectivity index (χ1) is 9.40. The van der Waals surface area contributed by atoms with E-state index in [1.54, 1.807) is 13.8 Å². The van der Waals surface area contributed by atoms with Crippen molar-refractivity contribution in [3.05, 3.63) is 12.2 Å². The van der Waals surface area contributed by atoms with Crippen LogP contribution in [0.1, 0.15) is 27.2 Å². The lowest BCUT2D eigenvalue weighted by atomic mass is 9.80. The molecular weight excluding hydrogens is 260 g/mol. The highest BCUT2D eigenvalue weighted by Crippen LogP contribution is 2.58. The topological polar surface area (TPSA) is 61.8 Å². The van der Waals surface area contributed by atoms with Crippen LogP contribution < -0.4 is 0 Å². The summed E-state index contributed by atoms with van der Waals surface area (Å²) in [4.78, 5) is 23.3. The van der Waals surface area contributed by atoms with Gasteiger partial charge in [0.2, 0.25) is 6.29 Å². The van der Waals surface area contributed by atoms with E-state index in [9.17, 15) is 9.59 Å². The Bertz CT molecular complexity index is 471. The molecule has 1 aliphatic heterocycles. The van der Waals surface area contributed by atoms with Gasteiger partial charge in [0, 0.05) is 11.5 Å². The number of carbonyl (C=O) groups is 2. The number of hydrogen-bond donors (Lipinski definition) is 0. The maximum absolute atomic E-state index is 11.8. The van der Waals surface area contributed by atoms with Gasteiger partial charge in [-0.15, -0.1) is 0 Å². The molecule has 110 valence electrons. The molecule has 0 aromatic carbocycles. The molecule has 3 rings (SSSR count). The molecule has 0 amide bonds. The third-order valence-corrected chi connectivity index (χ3v) is 4.91. The molecule has 0 radical (unpaired) electrons. The summed E-state index contributed by atoms with van der Waals surface area (Å²) in [5.41, 5.74) is 0.342. The van der Waals surface area contributed by atoms with E-state index in [-0.39, 0.29) is 35.9 Å². The molecule has 7 unspecified atom stereocenters. The van der Waals surface area contributed by atoms with E-state index < -0.39 is 12.3 Å². The summed E-state index contributed by atoms with van der Waals surface area (Å²) in [6.45, 7) is 8.90. The van der Waals surface area contributed by atoms with Crippen molar-refractivity contribution in [1.29, 1.82) is 0 Å². The SMILES string of the molecule is C=C(C)C(=O)OC(C)OC1C2CC3C1OC(=O)C3C2C. The molecule has 2 saturated carbocycles. The zero-order valence-electron chi connectivity index (χ0n) is 12.0. The number of rotatable bonds is 4. The molecule has 1 heterocycles. The van der Waals surface area contributed by atoms with Crippen LogP contribution in [-0.2, 0) is 23.8 Å². The van der Waals surface area contributed by atoms with Crippen molar-refractivity contribution < 1.29 is 23.8 Å². The molecule has 2 bridgehead atoms. The van der Waals surface area contributed by atoms with Crippen molar-refractivity contribution >= 4 is 11.9 Å². The maximum Gasteiger partial charge on any atom is 0.335 e. The largest absolute Gasteiger partial charge is 0.459 e. The van der Waals surface area contributed by atoms with Crippen LogP contribution in [0, 0.1) is 23.7 Å². The van der Waals surface area contributed by atoms with E-state index in [0.717, 1.165) is 6.42 Å². The van der Waals surface area contributed by atoms with Crippen molar-refractivity contribution in [2.75, 3.05) is 0 Å². The number of carbonyl (C=O) groups excluding carboxylic acids is 2. The fourth-order valence-electron chi connectivity index (χ4n) is 4.03. The van der Waals surface area contributed by atoms with E-state index in [4.69, 9.17) is 14.2 Å². The van der Waals surface area contributed by atoms with E-state index in [2.05, 4.69) is 13.5 Å². The van der Waals surface area contributed by atoms with Crippen LogP contribution in [0.4, 0.5) is 0 Å². The van der Waals surface area contributed by atoms with Gasteiger partial charge >= 0.3 is 11.9 Å². The summed E-state index contributed by atoms with van der Waals surface area (Å²) in [5.74, 6) is 0.352. The van der Waals surface area contributed by atoms with Crippen molar-refractivity contribution in [3.63, 3.8) is 0 Å². The average molecular weight is 280 g/mol. The monoisotopic (exact) mass is 280 g/mol. The molecule has 0 aromatic rings. The third-order valence-electron chi connectivity index (χ3n) is 4.91. The van der Waals surface area contributed by atoms with Gasteiger partial charge in [0.1, 0.15) is 12.2 Å². The van der Waals surface area contributed by atoms with Gasteiger partial charge in [-0.25, -0.2) is 4.79 Å². The number of ether oxygens (including phenoxy) is 3. The Hall–Kier alpha value is -1.36. The number of fused-ring (bicyclic) bond motifs is 1. The van der Waals surface area contributed by atoms with Gasteiger partial charge in [-0.1, -0.05) is 13.5 Å². The second-order valence-corrected chi connectivity index (χ2v) is 6.20. The van der Waals surface area contributed by atoms with Gasteiger partial charge < -0.3 is 14.2 Å². The van der Waals surface area contributed by atoms with Crippen LogP contribution in [0.15, 0.2) is 12.2 Å². The van der Waals surface area contributed by atoms with Gasteiger partial charge in [-0.3, -0.25) is 4.79 Å². The minimum absolute atomic E-state index is 0.0399. The second kappa shape index (κ2) is 4.58. The average Bonchev–Trinajstić information content (AvgIpc) is 2.93. The van der Waals surface area contributed by atoms with Crippen molar-refractivity contribution in [3.8, 4) is 0 Å². The van der Waals surface area contributed by atoms with Gasteiger partial charge in [-0.2, -0.15) is 0 Å². The lowest BCUT2D eigenvalue weighted by Crippen LogP contribution is -2.40. The Balaban J connectivity index is 1.66. The Morgan fingerprint density at radius 1 is 1.45 bits per heavy atom. The number of hydrogen-bond acceptors (Lipinski definition) is 5. The van der Waals surface area contributed by atoms with E-state index in [0.29, 0.717) is 11.5 Å².